The minimum atomic E-state index is -0.483. The number of hydrogen-bond donors (Lipinski definition) is 2. The van der Waals surface area contributed by atoms with E-state index in [1.165, 1.54) is 0 Å². The van der Waals surface area contributed by atoms with Gasteiger partial charge < -0.3 is 24.4 Å². The highest BCUT2D eigenvalue weighted by Gasteiger charge is 2.28. The molecule has 1 fully saturated rings. The maximum absolute atomic E-state index is 10.0. The van der Waals surface area contributed by atoms with Crippen molar-refractivity contribution in [3.8, 4) is 17.2 Å². The van der Waals surface area contributed by atoms with Gasteiger partial charge >= 0.3 is 0 Å². The first-order chi connectivity index (χ1) is 10.2. The van der Waals surface area contributed by atoms with Gasteiger partial charge in [-0.3, -0.25) is 4.90 Å². The van der Waals surface area contributed by atoms with Crippen LogP contribution in [0.3, 0.4) is 0 Å². The third kappa shape index (κ3) is 2.92. The van der Waals surface area contributed by atoms with Crippen molar-refractivity contribution in [2.75, 3.05) is 33.6 Å². The molecule has 0 saturated carbocycles. The maximum atomic E-state index is 10.0. The van der Waals surface area contributed by atoms with E-state index < -0.39 is 6.10 Å². The van der Waals surface area contributed by atoms with Gasteiger partial charge in [-0.1, -0.05) is 0 Å². The number of aliphatic hydroxyl groups excluding tert-OH is 2. The normalized spacial score (nSPS) is 25.1. The molecule has 2 aliphatic rings. The van der Waals surface area contributed by atoms with E-state index in [1.807, 2.05) is 12.1 Å². The number of piperidine rings is 1. The fourth-order valence-corrected chi connectivity index (χ4v) is 2.92. The van der Waals surface area contributed by atoms with Crippen LogP contribution < -0.4 is 14.2 Å². The van der Waals surface area contributed by atoms with E-state index in [4.69, 9.17) is 14.2 Å². The summed E-state index contributed by atoms with van der Waals surface area (Å²) in [5, 5.41) is 19.2. The second kappa shape index (κ2) is 6.09. The van der Waals surface area contributed by atoms with E-state index in [0.717, 1.165) is 30.0 Å². The molecule has 2 atom stereocenters. The number of rotatable bonds is 4. The van der Waals surface area contributed by atoms with Gasteiger partial charge in [0.05, 0.1) is 13.2 Å². The van der Waals surface area contributed by atoms with Crippen LogP contribution in [0.15, 0.2) is 12.1 Å². The van der Waals surface area contributed by atoms with Crippen molar-refractivity contribution in [3.05, 3.63) is 17.7 Å². The zero-order valence-electron chi connectivity index (χ0n) is 12.1. The summed E-state index contributed by atoms with van der Waals surface area (Å²) in [6, 6.07) is 3.78. The third-order valence-electron chi connectivity index (χ3n) is 4.21. The van der Waals surface area contributed by atoms with Crippen molar-refractivity contribution in [2.24, 2.45) is 5.92 Å². The molecule has 6 heteroatoms. The standard InChI is InChI=1S/C15H21NO5/c1-19-13-5-15-14(20-9-21-15)4-11(13)6-16-3-2-10(8-17)12(18)7-16/h4-5,10,12,17-18H,2-3,6-9H2,1H3/t10-,12+/m0/s1. The highest BCUT2D eigenvalue weighted by molar-refractivity contribution is 5.51. The van der Waals surface area contributed by atoms with Gasteiger partial charge in [-0.25, -0.2) is 0 Å². The number of likely N-dealkylation sites (tertiary alicyclic amines) is 1. The minimum Gasteiger partial charge on any atom is -0.496 e. The summed E-state index contributed by atoms with van der Waals surface area (Å²) in [4.78, 5) is 2.16. The van der Waals surface area contributed by atoms with E-state index >= 15 is 0 Å². The van der Waals surface area contributed by atoms with Gasteiger partial charge in [0, 0.05) is 37.2 Å². The molecule has 0 aromatic heterocycles. The minimum absolute atomic E-state index is 0.0140. The molecule has 21 heavy (non-hydrogen) atoms. The highest BCUT2D eigenvalue weighted by Crippen LogP contribution is 2.38. The van der Waals surface area contributed by atoms with Gasteiger partial charge in [0.15, 0.2) is 11.5 Å². The van der Waals surface area contributed by atoms with E-state index in [9.17, 15) is 10.2 Å². The van der Waals surface area contributed by atoms with E-state index in [1.54, 1.807) is 7.11 Å². The van der Waals surface area contributed by atoms with Gasteiger partial charge in [0.25, 0.3) is 0 Å². The smallest absolute Gasteiger partial charge is 0.231 e. The lowest BCUT2D eigenvalue weighted by molar-refractivity contribution is -0.00463. The van der Waals surface area contributed by atoms with Gasteiger partial charge in [0.2, 0.25) is 6.79 Å². The van der Waals surface area contributed by atoms with Crippen molar-refractivity contribution in [2.45, 2.75) is 19.1 Å². The molecule has 0 bridgehead atoms. The van der Waals surface area contributed by atoms with Gasteiger partial charge in [0.1, 0.15) is 5.75 Å². The number of nitrogens with zero attached hydrogens (tertiary/aromatic N) is 1. The molecule has 1 saturated heterocycles. The lowest BCUT2D eigenvalue weighted by Crippen LogP contribution is -2.44. The Bertz CT molecular complexity index is 507. The Morgan fingerprint density at radius 1 is 1.33 bits per heavy atom. The van der Waals surface area contributed by atoms with E-state index in [2.05, 4.69) is 4.90 Å². The molecule has 0 radical (unpaired) electrons. The topological polar surface area (TPSA) is 71.4 Å². The predicted molar refractivity (Wildman–Crippen MR) is 75.6 cm³/mol. The second-order valence-electron chi connectivity index (χ2n) is 5.55. The number of methoxy groups -OCH3 is 1. The van der Waals surface area contributed by atoms with Crippen LogP contribution in [-0.4, -0.2) is 54.8 Å². The average Bonchev–Trinajstić information content (AvgIpc) is 2.93. The van der Waals surface area contributed by atoms with Gasteiger partial charge in [-0.05, 0) is 19.0 Å². The molecule has 0 unspecified atom stereocenters. The van der Waals surface area contributed by atoms with Crippen LogP contribution >= 0.6 is 0 Å². The lowest BCUT2D eigenvalue weighted by Gasteiger charge is -2.35. The zero-order chi connectivity index (χ0) is 14.8. The zero-order valence-corrected chi connectivity index (χ0v) is 12.1. The summed E-state index contributed by atoms with van der Waals surface area (Å²) in [5.74, 6) is 2.18. The molecular weight excluding hydrogens is 274 g/mol. The Morgan fingerprint density at radius 2 is 2.10 bits per heavy atom. The first kappa shape index (κ1) is 14.4. The Labute approximate surface area is 123 Å². The predicted octanol–water partition coefficient (Wildman–Crippen LogP) is 0.599. The Kier molecular flexibility index (Phi) is 4.19. The van der Waals surface area contributed by atoms with Crippen LogP contribution in [0, 0.1) is 5.92 Å². The summed E-state index contributed by atoms with van der Waals surface area (Å²) in [5.41, 5.74) is 1.01. The highest BCUT2D eigenvalue weighted by atomic mass is 16.7. The molecule has 2 heterocycles. The summed E-state index contributed by atoms with van der Waals surface area (Å²) in [7, 11) is 1.63. The number of aliphatic hydroxyl groups is 2. The first-order valence-corrected chi connectivity index (χ1v) is 7.19. The summed E-state index contributed by atoms with van der Waals surface area (Å²) in [6.45, 7) is 2.36. The molecule has 6 nitrogen and oxygen atoms in total. The molecule has 2 N–H and O–H groups in total. The van der Waals surface area contributed by atoms with Crippen LogP contribution in [0.2, 0.25) is 0 Å². The number of ether oxygens (including phenoxy) is 3. The molecule has 2 aliphatic heterocycles. The monoisotopic (exact) mass is 295 g/mol. The van der Waals surface area contributed by atoms with Crippen molar-refractivity contribution < 1.29 is 24.4 Å². The fraction of sp³-hybridized carbons (Fsp3) is 0.600. The van der Waals surface area contributed by atoms with Crippen LogP contribution in [0.1, 0.15) is 12.0 Å². The third-order valence-corrected chi connectivity index (χ3v) is 4.21. The van der Waals surface area contributed by atoms with Gasteiger partial charge in [-0.15, -0.1) is 0 Å². The molecule has 3 rings (SSSR count). The van der Waals surface area contributed by atoms with Gasteiger partial charge in [-0.2, -0.15) is 0 Å². The SMILES string of the molecule is COc1cc2c(cc1CN1CC[C@@H](CO)[C@H](O)C1)OCO2. The molecule has 0 aliphatic carbocycles. The van der Waals surface area contributed by atoms with Crippen molar-refractivity contribution >= 4 is 0 Å². The maximum Gasteiger partial charge on any atom is 0.231 e. The summed E-state index contributed by atoms with van der Waals surface area (Å²) in [6.07, 6.45) is 0.314. The van der Waals surface area contributed by atoms with E-state index in [0.29, 0.717) is 18.8 Å². The van der Waals surface area contributed by atoms with Crippen LogP contribution in [0.5, 0.6) is 17.2 Å². The average molecular weight is 295 g/mol. The number of fused-ring (bicyclic) bond motifs is 1. The first-order valence-electron chi connectivity index (χ1n) is 7.19. The van der Waals surface area contributed by atoms with Crippen molar-refractivity contribution in [1.82, 2.24) is 4.90 Å². The second-order valence-corrected chi connectivity index (χ2v) is 5.55. The molecule has 1 aromatic rings. The largest absolute Gasteiger partial charge is 0.496 e. The lowest BCUT2D eigenvalue weighted by atomic mass is 9.94. The Balaban J connectivity index is 1.73. The number of β-amino-alcohol motifs (C(OH)–C–C–N with tert-alkyl or cyclic N) is 1. The van der Waals surface area contributed by atoms with Crippen LogP contribution in [0.25, 0.3) is 0 Å². The number of benzene rings is 1. The van der Waals surface area contributed by atoms with E-state index in [-0.39, 0.29) is 19.3 Å². The Hall–Kier alpha value is -1.50. The van der Waals surface area contributed by atoms with Crippen molar-refractivity contribution in [3.63, 3.8) is 0 Å². The Morgan fingerprint density at radius 3 is 2.76 bits per heavy atom. The fourth-order valence-electron chi connectivity index (χ4n) is 2.92. The van der Waals surface area contributed by atoms with Crippen LogP contribution in [-0.2, 0) is 6.54 Å². The molecular formula is C15H21NO5. The quantitative estimate of drug-likeness (QED) is 0.847. The molecule has 1 aromatic carbocycles. The number of hydrogen-bond acceptors (Lipinski definition) is 6. The van der Waals surface area contributed by atoms with Crippen molar-refractivity contribution in [1.29, 1.82) is 0 Å². The molecule has 116 valence electrons. The summed E-state index contributed by atoms with van der Waals surface area (Å²) >= 11 is 0. The summed E-state index contributed by atoms with van der Waals surface area (Å²) < 4.78 is 16.2. The van der Waals surface area contributed by atoms with Crippen LogP contribution in [0.4, 0.5) is 0 Å². The molecule has 0 amide bonds. The molecule has 0 spiro atoms.